The summed E-state index contributed by atoms with van der Waals surface area (Å²) in [5, 5.41) is 7.55. The van der Waals surface area contributed by atoms with Gasteiger partial charge in [-0.1, -0.05) is 12.1 Å². The lowest BCUT2D eigenvalue weighted by atomic mass is 10.1. The molecule has 0 radical (unpaired) electrons. The van der Waals surface area contributed by atoms with E-state index in [4.69, 9.17) is 0 Å². The normalized spacial score (nSPS) is 10.8. The highest BCUT2D eigenvalue weighted by Gasteiger charge is 2.15. The summed E-state index contributed by atoms with van der Waals surface area (Å²) < 4.78 is 14.5. The van der Waals surface area contributed by atoms with Crippen LogP contribution >= 0.6 is 11.3 Å². The Morgan fingerprint density at radius 2 is 1.68 bits per heavy atom. The third kappa shape index (κ3) is 4.51. The van der Waals surface area contributed by atoms with Crippen LogP contribution in [-0.4, -0.2) is 21.4 Å². The van der Waals surface area contributed by atoms with Crippen LogP contribution in [0.5, 0.6) is 0 Å². The molecule has 0 aliphatic rings. The third-order valence-corrected chi connectivity index (χ3v) is 5.41. The van der Waals surface area contributed by atoms with Crippen molar-refractivity contribution in [3.8, 4) is 11.1 Å². The molecule has 4 rings (SSSR count). The zero-order valence-corrected chi connectivity index (χ0v) is 17.2. The van der Waals surface area contributed by atoms with Gasteiger partial charge in [-0.25, -0.2) is 9.37 Å². The number of carbonyl (C=O) groups is 2. The van der Waals surface area contributed by atoms with E-state index < -0.39 is 5.91 Å². The van der Waals surface area contributed by atoms with Crippen LogP contribution < -0.4 is 16.2 Å². The number of anilines is 2. The van der Waals surface area contributed by atoms with Gasteiger partial charge in [0, 0.05) is 29.2 Å². The van der Waals surface area contributed by atoms with Gasteiger partial charge in [-0.2, -0.15) is 0 Å². The van der Waals surface area contributed by atoms with Gasteiger partial charge in [0.05, 0.1) is 11.7 Å². The van der Waals surface area contributed by atoms with Crippen LogP contribution in [0, 0.1) is 5.82 Å². The molecule has 2 amide bonds. The topological polar surface area (TPSA) is 93.1 Å². The predicted molar refractivity (Wildman–Crippen MR) is 119 cm³/mol. The van der Waals surface area contributed by atoms with Gasteiger partial charge in [0.15, 0.2) is 0 Å². The van der Waals surface area contributed by atoms with E-state index in [-0.39, 0.29) is 23.8 Å². The number of rotatable bonds is 5. The summed E-state index contributed by atoms with van der Waals surface area (Å²) in [4.78, 5) is 41.4. The van der Waals surface area contributed by atoms with Crippen LogP contribution in [0.4, 0.5) is 15.8 Å². The van der Waals surface area contributed by atoms with E-state index in [9.17, 15) is 18.8 Å². The minimum absolute atomic E-state index is 0.188. The zero-order valence-electron chi connectivity index (χ0n) is 16.4. The van der Waals surface area contributed by atoms with Crippen molar-refractivity contribution in [2.75, 3.05) is 10.6 Å². The summed E-state index contributed by atoms with van der Waals surface area (Å²) in [5.41, 5.74) is 2.15. The van der Waals surface area contributed by atoms with Gasteiger partial charge in [0.1, 0.15) is 17.2 Å². The monoisotopic (exact) mass is 436 g/mol. The maximum absolute atomic E-state index is 13.2. The average molecular weight is 436 g/mol. The van der Waals surface area contributed by atoms with Crippen molar-refractivity contribution in [1.82, 2.24) is 9.55 Å². The third-order valence-electron chi connectivity index (χ3n) is 4.52. The fraction of sp³-hybridized carbons (Fsp3) is 0.0909. The molecule has 2 aromatic heterocycles. The molecule has 156 valence electrons. The fourth-order valence-electron chi connectivity index (χ4n) is 3.12. The maximum Gasteiger partial charge on any atom is 0.263 e. The van der Waals surface area contributed by atoms with E-state index in [1.807, 2.05) is 0 Å². The van der Waals surface area contributed by atoms with E-state index in [0.717, 1.165) is 0 Å². The molecule has 0 spiro atoms. The highest BCUT2D eigenvalue weighted by molar-refractivity contribution is 7.17. The fourth-order valence-corrected chi connectivity index (χ4v) is 4.02. The second-order valence-electron chi connectivity index (χ2n) is 6.82. The largest absolute Gasteiger partial charge is 0.326 e. The molecular formula is C22H17FN4O3S. The molecule has 0 saturated heterocycles. The Hall–Kier alpha value is -3.85. The number of aromatic nitrogens is 2. The first-order valence-corrected chi connectivity index (χ1v) is 10.2. The summed E-state index contributed by atoms with van der Waals surface area (Å²) in [6, 6.07) is 12.5. The number of hydrogen-bond acceptors (Lipinski definition) is 5. The Kier molecular flexibility index (Phi) is 5.59. The molecule has 0 atom stereocenters. The number of nitrogens with one attached hydrogen (secondary N) is 2. The van der Waals surface area contributed by atoms with Crippen molar-refractivity contribution >= 4 is 44.7 Å². The first-order chi connectivity index (χ1) is 14.9. The number of amides is 2. The molecule has 0 fully saturated rings. The van der Waals surface area contributed by atoms with Crippen LogP contribution in [0.2, 0.25) is 0 Å². The molecule has 2 aromatic carbocycles. The highest BCUT2D eigenvalue weighted by atomic mass is 32.1. The maximum atomic E-state index is 13.2. The standard InChI is InChI=1S/C22H17FN4O3S/c1-13(28)25-16-6-8-17(9-7-16)26-19(29)10-27-12-24-21-20(22(27)30)18(11-31-21)14-2-4-15(23)5-3-14/h2-9,11-12H,10H2,1H3,(H,25,28)(H,26,29). The molecule has 31 heavy (non-hydrogen) atoms. The lowest BCUT2D eigenvalue weighted by Gasteiger charge is -2.09. The first kappa shape index (κ1) is 20.4. The Morgan fingerprint density at radius 1 is 1.03 bits per heavy atom. The van der Waals surface area contributed by atoms with Gasteiger partial charge < -0.3 is 10.6 Å². The van der Waals surface area contributed by atoms with Gasteiger partial charge in [-0.05, 0) is 42.0 Å². The molecule has 0 aliphatic heterocycles. The summed E-state index contributed by atoms with van der Waals surface area (Å²) in [6.07, 6.45) is 1.34. The smallest absolute Gasteiger partial charge is 0.263 e. The second kappa shape index (κ2) is 8.49. The highest BCUT2D eigenvalue weighted by Crippen LogP contribution is 2.30. The van der Waals surface area contributed by atoms with Crippen LogP contribution in [0.1, 0.15) is 6.92 Å². The number of hydrogen-bond donors (Lipinski definition) is 2. The molecular weight excluding hydrogens is 419 g/mol. The number of benzene rings is 2. The van der Waals surface area contributed by atoms with Gasteiger partial charge in [0.25, 0.3) is 5.56 Å². The molecule has 0 bridgehead atoms. The number of nitrogens with zero attached hydrogens (tertiary/aromatic N) is 2. The Labute approximate surface area is 180 Å². The SMILES string of the molecule is CC(=O)Nc1ccc(NC(=O)Cn2cnc3scc(-c4ccc(F)cc4)c3c2=O)cc1. The minimum atomic E-state index is -0.394. The molecule has 0 unspecified atom stereocenters. The minimum Gasteiger partial charge on any atom is -0.326 e. The summed E-state index contributed by atoms with van der Waals surface area (Å²) in [7, 11) is 0. The van der Waals surface area contributed by atoms with Crippen molar-refractivity contribution in [1.29, 1.82) is 0 Å². The van der Waals surface area contributed by atoms with Gasteiger partial charge in [0.2, 0.25) is 11.8 Å². The molecule has 0 aliphatic carbocycles. The van der Waals surface area contributed by atoms with E-state index in [0.29, 0.717) is 32.7 Å². The Morgan fingerprint density at radius 3 is 2.32 bits per heavy atom. The van der Waals surface area contributed by atoms with Crippen molar-refractivity contribution in [3.63, 3.8) is 0 Å². The number of carbonyl (C=O) groups excluding carboxylic acids is 2. The summed E-state index contributed by atoms with van der Waals surface area (Å²) >= 11 is 1.31. The molecule has 2 heterocycles. The molecule has 7 nitrogen and oxygen atoms in total. The zero-order chi connectivity index (χ0) is 22.0. The summed E-state index contributed by atoms with van der Waals surface area (Å²) in [6.45, 7) is 1.20. The first-order valence-electron chi connectivity index (χ1n) is 9.31. The van der Waals surface area contributed by atoms with Crippen LogP contribution in [-0.2, 0) is 16.1 Å². The number of fused-ring (bicyclic) bond motifs is 1. The van der Waals surface area contributed by atoms with Crippen LogP contribution in [0.3, 0.4) is 0 Å². The summed E-state index contributed by atoms with van der Waals surface area (Å²) in [5.74, 6) is -0.942. The van der Waals surface area contributed by atoms with Gasteiger partial charge in [-0.15, -0.1) is 11.3 Å². The predicted octanol–water partition coefficient (Wildman–Crippen LogP) is 3.86. The molecule has 0 saturated carbocycles. The van der Waals surface area contributed by atoms with Crippen molar-refractivity contribution in [2.45, 2.75) is 13.5 Å². The average Bonchev–Trinajstić information content (AvgIpc) is 3.17. The van der Waals surface area contributed by atoms with Crippen molar-refractivity contribution < 1.29 is 14.0 Å². The number of halogens is 1. The molecule has 4 aromatic rings. The lowest BCUT2D eigenvalue weighted by molar-refractivity contribution is -0.117. The molecule has 9 heteroatoms. The van der Waals surface area contributed by atoms with E-state index in [1.165, 1.54) is 41.3 Å². The lowest BCUT2D eigenvalue weighted by Crippen LogP contribution is -2.27. The number of thiophene rings is 1. The second-order valence-corrected chi connectivity index (χ2v) is 7.68. The van der Waals surface area contributed by atoms with E-state index in [1.54, 1.807) is 41.8 Å². The van der Waals surface area contributed by atoms with Crippen LogP contribution in [0.25, 0.3) is 21.3 Å². The van der Waals surface area contributed by atoms with Crippen molar-refractivity contribution in [2.24, 2.45) is 0 Å². The van der Waals surface area contributed by atoms with Gasteiger partial charge >= 0.3 is 0 Å². The van der Waals surface area contributed by atoms with Crippen LogP contribution in [0.15, 0.2) is 65.0 Å². The quantitative estimate of drug-likeness (QED) is 0.497. The Bertz CT molecular complexity index is 1330. The van der Waals surface area contributed by atoms with E-state index >= 15 is 0 Å². The molecule has 2 N–H and O–H groups in total. The van der Waals surface area contributed by atoms with Gasteiger partial charge in [-0.3, -0.25) is 19.0 Å². The van der Waals surface area contributed by atoms with Crippen molar-refractivity contribution in [3.05, 3.63) is 76.4 Å². The Balaban J connectivity index is 1.56. The van der Waals surface area contributed by atoms with E-state index in [2.05, 4.69) is 15.6 Å².